The van der Waals surface area contributed by atoms with Crippen molar-refractivity contribution in [1.82, 2.24) is 4.90 Å². The van der Waals surface area contributed by atoms with Crippen LogP contribution < -0.4 is 9.47 Å². The molecule has 1 saturated heterocycles. The predicted molar refractivity (Wildman–Crippen MR) is 115 cm³/mol. The van der Waals surface area contributed by atoms with Gasteiger partial charge in [0.05, 0.1) is 24.7 Å². The largest absolute Gasteiger partial charge is 0.493 e. The Balaban J connectivity index is 1.25. The zero-order valence-electron chi connectivity index (χ0n) is 17.9. The number of fused-ring (bicyclic) bond motifs is 8. The Kier molecular flexibility index (Phi) is 4.28. The molecule has 164 valence electrons. The van der Waals surface area contributed by atoms with E-state index in [1.54, 1.807) is 14.2 Å². The average molecular weight is 432 g/mol. The molecule has 0 unspecified atom stereocenters. The summed E-state index contributed by atoms with van der Waals surface area (Å²) in [4.78, 5) is 32.5. The van der Waals surface area contributed by atoms with Crippen LogP contribution in [-0.2, 0) is 21.0 Å². The maximum absolute atomic E-state index is 12.7. The monoisotopic (exact) mass is 432 g/mol. The molecule has 0 radical (unpaired) electrons. The van der Waals surface area contributed by atoms with Crippen LogP contribution in [0.15, 0.2) is 53.7 Å². The minimum atomic E-state index is -0.253. The van der Waals surface area contributed by atoms with Gasteiger partial charge in [-0.2, -0.15) is 0 Å². The standard InChI is InChI=1S/C25H24N2O5/c1-27-24(28)19-15-11-16(20(19)25(27)29)23-21(15)22(26-32-23)14-8-9-17(18(10-14)30-2)31-12-13-6-4-3-5-7-13/h3-10,15-16,19-21,23H,11-12H2,1-2H3/t15-,16+,19-,20+,21-,23-/m1/s1. The molecule has 2 aliphatic carbocycles. The van der Waals surface area contributed by atoms with Gasteiger partial charge in [-0.25, -0.2) is 0 Å². The van der Waals surface area contributed by atoms with Crippen LogP contribution in [0.1, 0.15) is 17.5 Å². The lowest BCUT2D eigenvalue weighted by Gasteiger charge is -2.30. The number of oxime groups is 1. The Labute approximate surface area is 185 Å². The second-order valence-electron chi connectivity index (χ2n) is 9.06. The number of carbonyl (C=O) groups excluding carboxylic acids is 2. The molecular formula is C25H24N2O5. The van der Waals surface area contributed by atoms with Crippen LogP contribution in [0, 0.1) is 29.6 Å². The molecule has 0 aromatic heterocycles. The molecule has 2 amide bonds. The molecule has 6 rings (SSSR count). The number of nitrogens with zero attached hydrogens (tertiary/aromatic N) is 2. The van der Waals surface area contributed by atoms with Crippen molar-refractivity contribution in [2.45, 2.75) is 19.1 Å². The van der Waals surface area contributed by atoms with E-state index in [4.69, 9.17) is 14.3 Å². The smallest absolute Gasteiger partial charge is 0.233 e. The van der Waals surface area contributed by atoms with Gasteiger partial charge in [0.1, 0.15) is 12.7 Å². The van der Waals surface area contributed by atoms with Crippen molar-refractivity contribution < 1.29 is 23.9 Å². The average Bonchev–Trinajstić information content (AvgIpc) is 3.56. The summed E-state index contributed by atoms with van der Waals surface area (Å²) in [5.41, 5.74) is 2.81. The maximum Gasteiger partial charge on any atom is 0.233 e. The number of likely N-dealkylation sites (tertiary alicyclic amines) is 1. The fourth-order valence-corrected chi connectivity index (χ4v) is 6.20. The Morgan fingerprint density at radius 2 is 1.75 bits per heavy atom. The minimum absolute atomic E-state index is 0.0188. The second-order valence-corrected chi connectivity index (χ2v) is 9.06. The SMILES string of the molecule is COc1cc(C2=NO[C@@H]3[C@H]4C[C@H]([C@H]5C(=O)N(C)C(=O)[C@@H]45)[C@H]23)ccc1OCc1ccccc1. The van der Waals surface area contributed by atoms with E-state index in [9.17, 15) is 9.59 Å². The number of carbonyl (C=O) groups is 2. The van der Waals surface area contributed by atoms with Crippen molar-refractivity contribution in [1.29, 1.82) is 0 Å². The Hall–Kier alpha value is -3.35. The number of benzene rings is 2. The highest BCUT2D eigenvalue weighted by Gasteiger charge is 2.69. The van der Waals surface area contributed by atoms with Gasteiger partial charge in [-0.3, -0.25) is 14.5 Å². The van der Waals surface area contributed by atoms with E-state index in [0.717, 1.165) is 23.3 Å². The molecule has 0 spiro atoms. The minimum Gasteiger partial charge on any atom is -0.493 e. The molecule has 2 aromatic carbocycles. The summed E-state index contributed by atoms with van der Waals surface area (Å²) in [5.74, 6) is 0.803. The quantitative estimate of drug-likeness (QED) is 0.679. The molecule has 0 N–H and O–H groups in total. The van der Waals surface area contributed by atoms with Gasteiger partial charge in [-0.15, -0.1) is 0 Å². The Bertz CT molecular complexity index is 1130. The lowest BCUT2D eigenvalue weighted by Crippen LogP contribution is -2.41. The molecule has 7 nitrogen and oxygen atoms in total. The van der Waals surface area contributed by atoms with Crippen LogP contribution in [0.25, 0.3) is 0 Å². The molecule has 6 atom stereocenters. The molecule has 3 fully saturated rings. The van der Waals surface area contributed by atoms with Gasteiger partial charge in [0.25, 0.3) is 0 Å². The molecule has 2 aliphatic heterocycles. The normalized spacial score (nSPS) is 31.9. The number of rotatable bonds is 5. The summed E-state index contributed by atoms with van der Waals surface area (Å²) in [7, 11) is 3.21. The van der Waals surface area contributed by atoms with Crippen molar-refractivity contribution >= 4 is 17.5 Å². The fraction of sp³-hybridized carbons (Fsp3) is 0.400. The summed E-state index contributed by atoms with van der Waals surface area (Å²) >= 11 is 0. The summed E-state index contributed by atoms with van der Waals surface area (Å²) < 4.78 is 11.6. The van der Waals surface area contributed by atoms with E-state index in [1.165, 1.54) is 4.90 Å². The van der Waals surface area contributed by atoms with Crippen LogP contribution in [0.4, 0.5) is 0 Å². The third-order valence-electron chi connectivity index (χ3n) is 7.61. The van der Waals surface area contributed by atoms with E-state index >= 15 is 0 Å². The van der Waals surface area contributed by atoms with Crippen molar-refractivity contribution in [3.05, 3.63) is 59.7 Å². The van der Waals surface area contributed by atoms with Gasteiger partial charge in [-0.1, -0.05) is 35.5 Å². The fourth-order valence-electron chi connectivity index (χ4n) is 6.20. The molecule has 2 bridgehead atoms. The molecule has 4 aliphatic rings. The second kappa shape index (κ2) is 7.08. The number of imide groups is 1. The van der Waals surface area contributed by atoms with Crippen molar-refractivity contribution in [3.63, 3.8) is 0 Å². The van der Waals surface area contributed by atoms with Crippen LogP contribution in [0.3, 0.4) is 0 Å². The topological polar surface area (TPSA) is 77.4 Å². The molecule has 2 aromatic rings. The van der Waals surface area contributed by atoms with E-state index < -0.39 is 0 Å². The van der Waals surface area contributed by atoms with E-state index in [1.807, 2.05) is 48.5 Å². The first-order valence-electron chi connectivity index (χ1n) is 11.0. The van der Waals surface area contributed by atoms with Crippen LogP contribution in [0.5, 0.6) is 11.5 Å². The third-order valence-corrected chi connectivity index (χ3v) is 7.61. The predicted octanol–water partition coefficient (Wildman–Crippen LogP) is 2.87. The van der Waals surface area contributed by atoms with E-state index in [-0.39, 0.29) is 47.5 Å². The highest BCUT2D eigenvalue weighted by atomic mass is 16.6. The highest BCUT2D eigenvalue weighted by Crippen LogP contribution is 2.61. The molecule has 2 saturated carbocycles. The van der Waals surface area contributed by atoms with E-state index in [0.29, 0.717) is 18.1 Å². The van der Waals surface area contributed by atoms with Crippen LogP contribution >= 0.6 is 0 Å². The number of amides is 2. The first-order valence-corrected chi connectivity index (χ1v) is 11.0. The van der Waals surface area contributed by atoms with Gasteiger partial charge >= 0.3 is 0 Å². The van der Waals surface area contributed by atoms with Crippen molar-refractivity contribution in [2.75, 3.05) is 14.2 Å². The lowest BCUT2D eigenvalue weighted by atomic mass is 9.71. The summed E-state index contributed by atoms with van der Waals surface area (Å²) in [6.07, 6.45) is 0.698. The summed E-state index contributed by atoms with van der Waals surface area (Å²) in [6, 6.07) is 15.7. The molecular weight excluding hydrogens is 408 g/mol. The van der Waals surface area contributed by atoms with Gasteiger partial charge < -0.3 is 14.3 Å². The molecule has 7 heteroatoms. The summed E-state index contributed by atoms with van der Waals surface area (Å²) in [6.45, 7) is 0.446. The van der Waals surface area contributed by atoms with Gasteiger partial charge in [0, 0.05) is 24.4 Å². The van der Waals surface area contributed by atoms with Crippen molar-refractivity contribution in [2.24, 2.45) is 34.7 Å². The van der Waals surface area contributed by atoms with Gasteiger partial charge in [0.2, 0.25) is 11.8 Å². The number of hydrogen-bond donors (Lipinski definition) is 0. The lowest BCUT2D eigenvalue weighted by molar-refractivity contribution is -0.139. The van der Waals surface area contributed by atoms with Crippen LogP contribution in [-0.4, -0.2) is 42.7 Å². The van der Waals surface area contributed by atoms with Crippen LogP contribution in [0.2, 0.25) is 0 Å². The number of ether oxygens (including phenoxy) is 2. The van der Waals surface area contributed by atoms with Crippen molar-refractivity contribution in [3.8, 4) is 11.5 Å². The zero-order valence-corrected chi connectivity index (χ0v) is 17.9. The van der Waals surface area contributed by atoms with Gasteiger partial charge in [0.15, 0.2) is 11.5 Å². The number of methoxy groups -OCH3 is 1. The Morgan fingerprint density at radius 3 is 2.50 bits per heavy atom. The number of hydrogen-bond acceptors (Lipinski definition) is 6. The van der Waals surface area contributed by atoms with E-state index in [2.05, 4.69) is 5.16 Å². The molecule has 2 heterocycles. The zero-order chi connectivity index (χ0) is 22.0. The van der Waals surface area contributed by atoms with Gasteiger partial charge in [-0.05, 0) is 36.1 Å². The maximum atomic E-state index is 12.7. The third kappa shape index (κ3) is 2.63. The highest BCUT2D eigenvalue weighted by molar-refractivity contribution is 6.08. The first-order chi connectivity index (χ1) is 15.6. The molecule has 32 heavy (non-hydrogen) atoms. The summed E-state index contributed by atoms with van der Waals surface area (Å²) in [5, 5.41) is 4.41. The first kappa shape index (κ1) is 19.3. The Morgan fingerprint density at radius 1 is 1.00 bits per heavy atom.